The topological polar surface area (TPSA) is 88.4 Å². The van der Waals surface area contributed by atoms with Crippen LogP contribution >= 0.6 is 11.8 Å². The SMILES string of the molecule is CS[C@H](C)C(=O)Nc1cccc(S(=O)(=O)NCc2ccco2)c1. The van der Waals surface area contributed by atoms with E-state index in [9.17, 15) is 13.2 Å². The number of hydrogen-bond acceptors (Lipinski definition) is 5. The van der Waals surface area contributed by atoms with Crippen molar-refractivity contribution >= 4 is 33.4 Å². The van der Waals surface area contributed by atoms with Crippen molar-refractivity contribution in [1.29, 1.82) is 0 Å². The number of benzene rings is 1. The summed E-state index contributed by atoms with van der Waals surface area (Å²) in [5.41, 5.74) is 0.441. The highest BCUT2D eigenvalue weighted by Gasteiger charge is 2.16. The van der Waals surface area contributed by atoms with E-state index in [2.05, 4.69) is 10.0 Å². The second-order valence-corrected chi connectivity index (χ2v) is 7.74. The van der Waals surface area contributed by atoms with Crippen LogP contribution in [0.25, 0.3) is 0 Å². The monoisotopic (exact) mass is 354 g/mol. The van der Waals surface area contributed by atoms with E-state index in [-0.39, 0.29) is 22.6 Å². The molecule has 0 unspecified atom stereocenters. The molecule has 2 N–H and O–H groups in total. The van der Waals surface area contributed by atoms with Crippen LogP contribution in [0.3, 0.4) is 0 Å². The molecule has 1 aromatic heterocycles. The lowest BCUT2D eigenvalue weighted by atomic mass is 10.3. The van der Waals surface area contributed by atoms with E-state index in [1.165, 1.54) is 30.2 Å². The molecule has 0 aliphatic heterocycles. The number of hydrogen-bond donors (Lipinski definition) is 2. The summed E-state index contributed by atoms with van der Waals surface area (Å²) in [6, 6.07) is 9.50. The van der Waals surface area contributed by atoms with Gasteiger partial charge in [-0.25, -0.2) is 13.1 Å². The molecule has 0 bridgehead atoms. The second kappa shape index (κ2) is 7.67. The fourth-order valence-corrected chi connectivity index (χ4v) is 3.07. The van der Waals surface area contributed by atoms with E-state index >= 15 is 0 Å². The molecule has 23 heavy (non-hydrogen) atoms. The second-order valence-electron chi connectivity index (χ2n) is 4.80. The third kappa shape index (κ3) is 4.85. The molecule has 1 atom stereocenters. The molecule has 0 saturated carbocycles. The molecule has 0 aliphatic rings. The number of nitrogens with one attached hydrogen (secondary N) is 2. The third-order valence-electron chi connectivity index (χ3n) is 3.15. The van der Waals surface area contributed by atoms with Crippen molar-refractivity contribution < 1.29 is 17.6 Å². The first kappa shape index (κ1) is 17.6. The van der Waals surface area contributed by atoms with Crippen molar-refractivity contribution in [3.8, 4) is 0 Å². The lowest BCUT2D eigenvalue weighted by molar-refractivity contribution is -0.115. The maximum Gasteiger partial charge on any atom is 0.241 e. The summed E-state index contributed by atoms with van der Waals surface area (Å²) in [5, 5.41) is 2.49. The Labute approximate surface area is 139 Å². The smallest absolute Gasteiger partial charge is 0.241 e. The molecule has 0 spiro atoms. The highest BCUT2D eigenvalue weighted by molar-refractivity contribution is 7.99. The van der Waals surface area contributed by atoms with Gasteiger partial charge in [-0.1, -0.05) is 6.07 Å². The molecule has 2 rings (SSSR count). The Morgan fingerprint density at radius 2 is 2.09 bits per heavy atom. The molecule has 1 heterocycles. The number of amides is 1. The van der Waals surface area contributed by atoms with E-state index in [1.807, 2.05) is 6.26 Å². The number of sulfonamides is 1. The van der Waals surface area contributed by atoms with E-state index in [0.29, 0.717) is 11.4 Å². The minimum Gasteiger partial charge on any atom is -0.468 e. The van der Waals surface area contributed by atoms with Crippen molar-refractivity contribution in [3.05, 3.63) is 48.4 Å². The minimum absolute atomic E-state index is 0.0649. The van der Waals surface area contributed by atoms with E-state index in [4.69, 9.17) is 4.42 Å². The molecule has 1 aromatic carbocycles. The Morgan fingerprint density at radius 1 is 1.30 bits per heavy atom. The van der Waals surface area contributed by atoms with Crippen LogP contribution in [0.2, 0.25) is 0 Å². The molecular weight excluding hydrogens is 336 g/mol. The quantitative estimate of drug-likeness (QED) is 0.797. The average molecular weight is 354 g/mol. The van der Waals surface area contributed by atoms with E-state index in [0.717, 1.165) is 0 Å². The molecule has 124 valence electrons. The largest absolute Gasteiger partial charge is 0.468 e. The first-order valence-electron chi connectivity index (χ1n) is 6.88. The van der Waals surface area contributed by atoms with Crippen LogP contribution in [0.4, 0.5) is 5.69 Å². The van der Waals surface area contributed by atoms with Crippen LogP contribution in [-0.2, 0) is 21.4 Å². The van der Waals surface area contributed by atoms with Crippen molar-refractivity contribution in [3.63, 3.8) is 0 Å². The predicted molar refractivity (Wildman–Crippen MR) is 90.8 cm³/mol. The van der Waals surface area contributed by atoms with Gasteiger partial charge in [0.05, 0.1) is 23.0 Å². The number of anilines is 1. The summed E-state index contributed by atoms with van der Waals surface area (Å²) in [6.45, 7) is 1.85. The molecule has 0 fully saturated rings. The van der Waals surface area contributed by atoms with Gasteiger partial charge in [-0.05, 0) is 43.5 Å². The van der Waals surface area contributed by atoms with Gasteiger partial charge in [0.25, 0.3) is 0 Å². The van der Waals surface area contributed by atoms with Gasteiger partial charge in [0.2, 0.25) is 15.9 Å². The Balaban J connectivity index is 2.10. The summed E-state index contributed by atoms with van der Waals surface area (Å²) < 4.78 is 32.1. The van der Waals surface area contributed by atoms with Crippen molar-refractivity contribution in [1.82, 2.24) is 4.72 Å². The van der Waals surface area contributed by atoms with Crippen LogP contribution in [0.5, 0.6) is 0 Å². The van der Waals surface area contributed by atoms with Gasteiger partial charge < -0.3 is 9.73 Å². The predicted octanol–water partition coefficient (Wildman–Crippen LogP) is 2.45. The van der Waals surface area contributed by atoms with Crippen LogP contribution in [0.1, 0.15) is 12.7 Å². The molecule has 1 amide bonds. The molecule has 6 nitrogen and oxygen atoms in total. The first-order chi connectivity index (χ1) is 10.9. The summed E-state index contributed by atoms with van der Waals surface area (Å²) in [6.07, 6.45) is 3.32. The van der Waals surface area contributed by atoms with Crippen LogP contribution < -0.4 is 10.0 Å². The van der Waals surface area contributed by atoms with Gasteiger partial charge in [0.1, 0.15) is 5.76 Å². The maximum atomic E-state index is 12.3. The third-order valence-corrected chi connectivity index (χ3v) is 5.47. The highest BCUT2D eigenvalue weighted by Crippen LogP contribution is 2.17. The number of furan rings is 1. The number of carbonyl (C=O) groups excluding carboxylic acids is 1. The molecule has 2 aromatic rings. The normalized spacial score (nSPS) is 12.8. The standard InChI is InChI=1S/C15H18N2O4S2/c1-11(22-2)15(18)17-12-5-3-7-14(9-12)23(19,20)16-10-13-6-4-8-21-13/h3-9,11,16H,10H2,1-2H3,(H,17,18)/t11-/m1/s1. The van der Waals surface area contributed by atoms with Gasteiger partial charge >= 0.3 is 0 Å². The van der Waals surface area contributed by atoms with Crippen molar-refractivity contribution in [2.45, 2.75) is 23.6 Å². The molecular formula is C15H18N2O4S2. The molecule has 8 heteroatoms. The number of carbonyl (C=O) groups is 1. The fourth-order valence-electron chi connectivity index (χ4n) is 1.75. The number of rotatable bonds is 7. The Hall–Kier alpha value is -1.77. The average Bonchev–Trinajstić information content (AvgIpc) is 3.06. The van der Waals surface area contributed by atoms with Crippen LogP contribution in [0, 0.1) is 0 Å². The van der Waals surface area contributed by atoms with Gasteiger partial charge in [0, 0.05) is 5.69 Å². The van der Waals surface area contributed by atoms with E-state index in [1.54, 1.807) is 31.2 Å². The number of thioether (sulfide) groups is 1. The Kier molecular flexibility index (Phi) is 5.86. The lowest BCUT2D eigenvalue weighted by Gasteiger charge is -2.11. The zero-order chi connectivity index (χ0) is 16.9. The minimum atomic E-state index is -3.69. The molecule has 0 aliphatic carbocycles. The summed E-state index contributed by atoms with van der Waals surface area (Å²) in [4.78, 5) is 12.0. The van der Waals surface area contributed by atoms with Gasteiger partial charge in [-0.2, -0.15) is 11.8 Å². The fraction of sp³-hybridized carbons (Fsp3) is 0.267. The van der Waals surface area contributed by atoms with Gasteiger partial charge in [-0.3, -0.25) is 4.79 Å². The lowest BCUT2D eigenvalue weighted by Crippen LogP contribution is -2.24. The van der Waals surface area contributed by atoms with Crippen LogP contribution in [-0.4, -0.2) is 25.8 Å². The van der Waals surface area contributed by atoms with Gasteiger partial charge in [-0.15, -0.1) is 0 Å². The Morgan fingerprint density at radius 3 is 2.74 bits per heavy atom. The molecule has 0 radical (unpaired) electrons. The first-order valence-corrected chi connectivity index (χ1v) is 9.65. The molecule has 0 saturated heterocycles. The zero-order valence-electron chi connectivity index (χ0n) is 12.8. The van der Waals surface area contributed by atoms with E-state index < -0.39 is 10.0 Å². The van der Waals surface area contributed by atoms with Gasteiger partial charge in [0.15, 0.2) is 0 Å². The van der Waals surface area contributed by atoms with Crippen molar-refractivity contribution in [2.75, 3.05) is 11.6 Å². The summed E-state index contributed by atoms with van der Waals surface area (Å²) in [5.74, 6) is 0.349. The maximum absolute atomic E-state index is 12.3. The zero-order valence-corrected chi connectivity index (χ0v) is 14.4. The summed E-state index contributed by atoms with van der Waals surface area (Å²) >= 11 is 1.42. The van der Waals surface area contributed by atoms with Crippen LogP contribution in [0.15, 0.2) is 52.0 Å². The van der Waals surface area contributed by atoms with Crippen molar-refractivity contribution in [2.24, 2.45) is 0 Å². The Bertz CT molecular complexity index is 758. The summed E-state index contributed by atoms with van der Waals surface area (Å²) in [7, 11) is -3.69. The highest BCUT2D eigenvalue weighted by atomic mass is 32.2.